The monoisotopic (exact) mass is 707 g/mol. The zero-order valence-corrected chi connectivity index (χ0v) is 29.6. The van der Waals surface area contributed by atoms with Gasteiger partial charge in [-0.3, -0.25) is 4.57 Å². The van der Waals surface area contributed by atoms with Crippen molar-refractivity contribution in [1.29, 1.82) is 0 Å². The van der Waals surface area contributed by atoms with Crippen LogP contribution in [0, 0.1) is 6.92 Å². The summed E-state index contributed by atoms with van der Waals surface area (Å²) in [4.78, 5) is 17.8. The van der Waals surface area contributed by atoms with Gasteiger partial charge in [-0.2, -0.15) is 0 Å². The van der Waals surface area contributed by atoms with E-state index in [9.17, 15) is 9.36 Å². The number of carbonyl (C=O) groups is 1. The summed E-state index contributed by atoms with van der Waals surface area (Å²) >= 11 is 1.25. The van der Waals surface area contributed by atoms with Crippen molar-refractivity contribution in [3.05, 3.63) is 100 Å². The highest BCUT2D eigenvalue weighted by atomic mass is 32.1. The minimum atomic E-state index is -3.44. The smallest absolute Gasteiger partial charge is 0.354 e. The molecule has 2 aromatic carbocycles. The fraction of sp³-hybridized carbons (Fsp3) is 0.286. The Labute approximate surface area is 288 Å². The van der Waals surface area contributed by atoms with E-state index in [4.69, 9.17) is 32.4 Å². The molecule has 49 heavy (non-hydrogen) atoms. The second-order valence-electron chi connectivity index (χ2n) is 10.3. The van der Waals surface area contributed by atoms with Crippen LogP contribution in [0.5, 0.6) is 17.4 Å². The van der Waals surface area contributed by atoms with Crippen molar-refractivity contribution in [2.24, 2.45) is 0 Å². The van der Waals surface area contributed by atoms with Gasteiger partial charge in [-0.15, -0.1) is 16.4 Å². The Hall–Kier alpha value is -4.68. The van der Waals surface area contributed by atoms with Crippen molar-refractivity contribution in [3.63, 3.8) is 0 Å². The molecule has 5 aromatic rings. The van der Waals surface area contributed by atoms with Crippen LogP contribution in [0.2, 0.25) is 0 Å². The molecule has 0 aliphatic heterocycles. The number of ether oxygens (including phenoxy) is 4. The number of aryl methyl sites for hydroxylation is 1. The third-order valence-corrected chi connectivity index (χ3v) is 9.74. The second kappa shape index (κ2) is 16.6. The van der Waals surface area contributed by atoms with E-state index in [2.05, 4.69) is 10.1 Å². The summed E-state index contributed by atoms with van der Waals surface area (Å²) in [5, 5.41) is 4.64. The number of carbonyl (C=O) groups excluding carboxylic acids is 1. The Bertz CT molecular complexity index is 1920. The summed E-state index contributed by atoms with van der Waals surface area (Å²) in [6.07, 6.45) is 3.43. The van der Waals surface area contributed by atoms with Crippen LogP contribution in [0.4, 0.5) is 0 Å². The van der Waals surface area contributed by atoms with Gasteiger partial charge in [-0.1, -0.05) is 24.3 Å². The molecule has 258 valence electrons. The van der Waals surface area contributed by atoms with Crippen LogP contribution >= 0.6 is 18.9 Å². The number of esters is 1. The number of rotatable bonds is 17. The third-order valence-electron chi connectivity index (χ3n) is 6.94. The minimum Gasteiger partial charge on any atom is -0.493 e. The number of hydrogen-bond acceptors (Lipinski definition) is 12. The van der Waals surface area contributed by atoms with Crippen LogP contribution < -0.4 is 14.2 Å². The van der Waals surface area contributed by atoms with Gasteiger partial charge in [0, 0.05) is 12.0 Å². The number of benzene rings is 2. The first-order valence-electron chi connectivity index (χ1n) is 15.6. The highest BCUT2D eigenvalue weighted by molar-refractivity contribution is 7.57. The lowest BCUT2D eigenvalue weighted by molar-refractivity contribution is 0.0532. The molecule has 0 aliphatic carbocycles. The molecular formula is C35H38N3O9PS. The molecule has 0 atom stereocenters. The fourth-order valence-electron chi connectivity index (χ4n) is 4.62. The molecule has 5 rings (SSSR count). The van der Waals surface area contributed by atoms with E-state index < -0.39 is 7.60 Å². The average Bonchev–Trinajstić information content (AvgIpc) is 3.85. The van der Waals surface area contributed by atoms with Crippen LogP contribution in [0.1, 0.15) is 53.0 Å². The average molecular weight is 708 g/mol. The first kappa shape index (κ1) is 35.6. The maximum absolute atomic E-state index is 13.1. The molecular weight excluding hydrogens is 669 g/mol. The predicted octanol–water partition coefficient (Wildman–Crippen LogP) is 8.48. The molecule has 0 saturated heterocycles. The maximum atomic E-state index is 13.1. The van der Waals surface area contributed by atoms with Gasteiger partial charge >= 0.3 is 13.6 Å². The van der Waals surface area contributed by atoms with Crippen molar-refractivity contribution in [1.82, 2.24) is 14.8 Å². The number of hydrogen-bond donors (Lipinski definition) is 0. The first-order valence-corrected chi connectivity index (χ1v) is 18.1. The lowest BCUT2D eigenvalue weighted by atomic mass is 10.2. The lowest BCUT2D eigenvalue weighted by Crippen LogP contribution is -2.02. The Morgan fingerprint density at radius 1 is 0.959 bits per heavy atom. The number of methoxy groups -OCH3 is 1. The van der Waals surface area contributed by atoms with Gasteiger partial charge in [0.2, 0.25) is 11.8 Å². The zero-order valence-electron chi connectivity index (χ0n) is 27.9. The van der Waals surface area contributed by atoms with E-state index in [0.717, 1.165) is 11.3 Å². The van der Waals surface area contributed by atoms with Crippen LogP contribution in [0.3, 0.4) is 0 Å². The lowest BCUT2D eigenvalue weighted by Gasteiger charge is -2.13. The highest BCUT2D eigenvalue weighted by Crippen LogP contribution is 2.50. The zero-order chi connectivity index (χ0) is 34.8. The molecule has 3 heterocycles. The van der Waals surface area contributed by atoms with Crippen LogP contribution in [0.15, 0.2) is 77.1 Å². The molecule has 0 amide bonds. The SMILES string of the molecule is CCOC(=O)c1ccc(-c2nc(COc3ccc(COc4nn(-c5ccccc5)cc4/C=C/P(=O)(OCC)OCC)cc3OC)c(C)o2)s1. The summed E-state index contributed by atoms with van der Waals surface area (Å²) in [5.74, 6) is 3.39. The molecule has 0 N–H and O–H groups in total. The van der Waals surface area contributed by atoms with Crippen molar-refractivity contribution in [2.75, 3.05) is 26.9 Å². The van der Waals surface area contributed by atoms with E-state index in [1.165, 1.54) is 17.2 Å². The topological polar surface area (TPSA) is 133 Å². The van der Waals surface area contributed by atoms with E-state index >= 15 is 0 Å². The van der Waals surface area contributed by atoms with Crippen LogP contribution in [0.25, 0.3) is 22.5 Å². The van der Waals surface area contributed by atoms with Gasteiger partial charge in [-0.05, 0) is 75.7 Å². The Balaban J connectivity index is 1.29. The van der Waals surface area contributed by atoms with Gasteiger partial charge in [0.15, 0.2) is 11.5 Å². The molecule has 0 saturated carbocycles. The van der Waals surface area contributed by atoms with Crippen LogP contribution in [-0.4, -0.2) is 47.7 Å². The van der Waals surface area contributed by atoms with E-state index in [0.29, 0.717) is 56.6 Å². The van der Waals surface area contributed by atoms with Gasteiger partial charge in [-0.25, -0.2) is 14.5 Å². The number of thiophene rings is 1. The molecule has 0 bridgehead atoms. The minimum absolute atomic E-state index is 0.137. The summed E-state index contributed by atoms with van der Waals surface area (Å²) in [5.41, 5.74) is 2.85. The number of nitrogens with zero attached hydrogens (tertiary/aromatic N) is 3. The van der Waals surface area contributed by atoms with E-state index in [1.54, 1.807) is 63.0 Å². The number of para-hydroxylation sites is 1. The second-order valence-corrected chi connectivity index (χ2v) is 13.3. The molecule has 0 fully saturated rings. The largest absolute Gasteiger partial charge is 0.493 e. The van der Waals surface area contributed by atoms with Gasteiger partial charge in [0.25, 0.3) is 0 Å². The normalized spacial score (nSPS) is 11.6. The molecule has 0 unspecified atom stereocenters. The van der Waals surface area contributed by atoms with Gasteiger partial charge in [0.1, 0.15) is 29.5 Å². The molecule has 0 radical (unpaired) electrons. The summed E-state index contributed by atoms with van der Waals surface area (Å²) in [7, 11) is -1.88. The van der Waals surface area contributed by atoms with E-state index in [1.807, 2.05) is 49.4 Å². The molecule has 0 spiro atoms. The van der Waals surface area contributed by atoms with Crippen molar-refractivity contribution in [3.8, 4) is 33.8 Å². The van der Waals surface area contributed by atoms with Gasteiger partial charge in [0.05, 0.1) is 43.1 Å². The highest BCUT2D eigenvalue weighted by Gasteiger charge is 2.21. The quantitative estimate of drug-likeness (QED) is 0.0681. The Kier molecular flexibility index (Phi) is 12.1. The molecule has 3 aromatic heterocycles. The fourth-order valence-corrected chi connectivity index (χ4v) is 6.75. The van der Waals surface area contributed by atoms with Crippen molar-refractivity contribution in [2.45, 2.75) is 40.9 Å². The molecule has 0 aliphatic rings. The van der Waals surface area contributed by atoms with Gasteiger partial charge < -0.3 is 32.4 Å². The summed E-state index contributed by atoms with van der Waals surface area (Å²) in [6.45, 7) is 8.17. The Morgan fingerprint density at radius 2 is 1.73 bits per heavy atom. The van der Waals surface area contributed by atoms with Crippen molar-refractivity contribution < 1.29 is 41.8 Å². The molecule has 14 heteroatoms. The van der Waals surface area contributed by atoms with Crippen molar-refractivity contribution >= 4 is 31.0 Å². The number of aromatic nitrogens is 3. The predicted molar refractivity (Wildman–Crippen MR) is 186 cm³/mol. The standard InChI is InChI=1S/C35H38N3O9PS/c1-6-42-35(39)32-17-16-31(49-32)34-36-28(24(4)47-34)23-43-29-15-14-25(20-30(29)41-5)22-44-33-26(18-19-48(40,45-7-2)46-8-3)21-38(37-33)27-12-10-9-11-13-27/h9-21H,6-8,22-23H2,1-5H3/b19-18+. The van der Waals surface area contributed by atoms with E-state index in [-0.39, 0.29) is 32.4 Å². The molecule has 12 nitrogen and oxygen atoms in total. The maximum Gasteiger partial charge on any atom is 0.354 e. The third kappa shape index (κ3) is 9.07. The summed E-state index contributed by atoms with van der Waals surface area (Å²) in [6, 6.07) is 18.5. The Morgan fingerprint density at radius 3 is 2.45 bits per heavy atom. The summed E-state index contributed by atoms with van der Waals surface area (Å²) < 4.78 is 54.4. The number of oxazole rings is 1. The first-order chi connectivity index (χ1) is 23.7. The van der Waals surface area contributed by atoms with Crippen LogP contribution in [-0.2, 0) is 31.6 Å².